The molecule has 1 fully saturated rings. The molecular formula is C18H22N4O. The van der Waals surface area contributed by atoms with Gasteiger partial charge in [0.1, 0.15) is 5.69 Å². The first-order chi connectivity index (χ1) is 11.3. The van der Waals surface area contributed by atoms with Crippen LogP contribution in [0.25, 0.3) is 0 Å². The minimum absolute atomic E-state index is 0.149. The number of anilines is 1. The fraction of sp³-hybridized carbons (Fsp3) is 0.389. The smallest absolute Gasteiger partial charge is 0.270 e. The molecule has 0 radical (unpaired) electrons. The number of nitrogens with zero attached hydrogens (tertiary/aromatic N) is 3. The van der Waals surface area contributed by atoms with Gasteiger partial charge in [-0.2, -0.15) is 0 Å². The van der Waals surface area contributed by atoms with Gasteiger partial charge in [0.05, 0.1) is 11.9 Å². The first-order valence-electron chi connectivity index (χ1n) is 8.21. The van der Waals surface area contributed by atoms with Crippen molar-refractivity contribution in [3.05, 3.63) is 54.1 Å². The fourth-order valence-corrected chi connectivity index (χ4v) is 2.81. The van der Waals surface area contributed by atoms with E-state index in [0.717, 1.165) is 24.3 Å². The third-order valence-electron chi connectivity index (χ3n) is 4.15. The monoisotopic (exact) mass is 310 g/mol. The Hall–Kier alpha value is -2.43. The lowest BCUT2D eigenvalue weighted by molar-refractivity contribution is 0.0946. The third-order valence-corrected chi connectivity index (χ3v) is 4.15. The lowest BCUT2D eigenvalue weighted by atomic mass is 10.2. The highest BCUT2D eigenvalue weighted by Crippen LogP contribution is 2.18. The topological polar surface area (TPSA) is 58.1 Å². The van der Waals surface area contributed by atoms with Crippen LogP contribution in [0.2, 0.25) is 0 Å². The van der Waals surface area contributed by atoms with Gasteiger partial charge < -0.3 is 10.2 Å². The van der Waals surface area contributed by atoms with Crippen molar-refractivity contribution in [1.82, 2.24) is 15.3 Å². The van der Waals surface area contributed by atoms with Crippen molar-refractivity contribution >= 4 is 11.6 Å². The summed E-state index contributed by atoms with van der Waals surface area (Å²) in [6.45, 7) is 2.64. The maximum Gasteiger partial charge on any atom is 0.270 e. The first-order valence-corrected chi connectivity index (χ1v) is 8.21. The van der Waals surface area contributed by atoms with Gasteiger partial charge >= 0.3 is 0 Å². The lowest BCUT2D eigenvalue weighted by Crippen LogP contribution is -2.26. The van der Waals surface area contributed by atoms with Crippen LogP contribution in [0.5, 0.6) is 0 Å². The van der Waals surface area contributed by atoms with E-state index in [4.69, 9.17) is 0 Å². The zero-order valence-corrected chi connectivity index (χ0v) is 13.2. The summed E-state index contributed by atoms with van der Waals surface area (Å²) < 4.78 is 0. The van der Waals surface area contributed by atoms with E-state index in [0.29, 0.717) is 12.2 Å². The van der Waals surface area contributed by atoms with Gasteiger partial charge in [-0.05, 0) is 42.7 Å². The summed E-state index contributed by atoms with van der Waals surface area (Å²) in [6, 6.07) is 7.58. The van der Waals surface area contributed by atoms with Gasteiger partial charge in [-0.3, -0.25) is 9.78 Å². The highest BCUT2D eigenvalue weighted by Gasteiger charge is 2.12. The fourth-order valence-electron chi connectivity index (χ4n) is 2.81. The van der Waals surface area contributed by atoms with E-state index in [9.17, 15) is 4.79 Å². The number of pyridine rings is 2. The van der Waals surface area contributed by atoms with E-state index >= 15 is 0 Å². The van der Waals surface area contributed by atoms with E-state index in [2.05, 4.69) is 20.2 Å². The maximum atomic E-state index is 12.2. The van der Waals surface area contributed by atoms with Gasteiger partial charge in [0, 0.05) is 32.0 Å². The van der Waals surface area contributed by atoms with Gasteiger partial charge in [0.15, 0.2) is 0 Å². The molecule has 1 aliphatic rings. The van der Waals surface area contributed by atoms with Crippen LogP contribution in [0, 0.1) is 0 Å². The molecule has 3 heterocycles. The Morgan fingerprint density at radius 3 is 2.43 bits per heavy atom. The van der Waals surface area contributed by atoms with Crippen LogP contribution in [0.15, 0.2) is 42.9 Å². The molecule has 5 nitrogen and oxygen atoms in total. The number of amides is 1. The quantitative estimate of drug-likeness (QED) is 0.943. The number of hydrogen-bond acceptors (Lipinski definition) is 4. The van der Waals surface area contributed by atoms with Gasteiger partial charge in [-0.1, -0.05) is 12.8 Å². The van der Waals surface area contributed by atoms with Crippen molar-refractivity contribution in [3.8, 4) is 0 Å². The van der Waals surface area contributed by atoms with E-state index in [1.807, 2.05) is 30.5 Å². The van der Waals surface area contributed by atoms with E-state index in [1.165, 1.54) is 25.7 Å². The summed E-state index contributed by atoms with van der Waals surface area (Å²) in [5, 5.41) is 2.88. The summed E-state index contributed by atoms with van der Waals surface area (Å²) in [5.74, 6) is -0.149. The highest BCUT2D eigenvalue weighted by molar-refractivity contribution is 5.92. The summed E-state index contributed by atoms with van der Waals surface area (Å²) >= 11 is 0. The van der Waals surface area contributed by atoms with Gasteiger partial charge in [0.25, 0.3) is 5.91 Å². The molecule has 0 unspecified atom stereocenters. The van der Waals surface area contributed by atoms with Crippen molar-refractivity contribution in [3.63, 3.8) is 0 Å². The van der Waals surface area contributed by atoms with Crippen molar-refractivity contribution in [2.24, 2.45) is 0 Å². The molecule has 1 amide bonds. The average Bonchev–Trinajstić information content (AvgIpc) is 2.90. The minimum Gasteiger partial charge on any atom is -0.370 e. The molecule has 0 saturated carbocycles. The van der Waals surface area contributed by atoms with Crippen LogP contribution in [-0.4, -0.2) is 29.0 Å². The molecule has 120 valence electrons. The number of hydrogen-bond donors (Lipinski definition) is 1. The molecule has 0 aromatic carbocycles. The van der Waals surface area contributed by atoms with Crippen molar-refractivity contribution in [2.75, 3.05) is 18.0 Å². The summed E-state index contributed by atoms with van der Waals surface area (Å²) in [5.41, 5.74) is 2.59. The Bertz CT molecular complexity index is 619. The summed E-state index contributed by atoms with van der Waals surface area (Å²) in [6.07, 6.45) is 10.3. The second-order valence-electron chi connectivity index (χ2n) is 5.84. The maximum absolute atomic E-state index is 12.2. The molecule has 1 N–H and O–H groups in total. The van der Waals surface area contributed by atoms with Crippen molar-refractivity contribution < 1.29 is 4.79 Å². The number of aromatic nitrogens is 2. The third kappa shape index (κ3) is 4.28. The van der Waals surface area contributed by atoms with Crippen LogP contribution < -0.4 is 10.2 Å². The van der Waals surface area contributed by atoms with Crippen molar-refractivity contribution in [2.45, 2.75) is 32.2 Å². The zero-order chi connectivity index (χ0) is 15.9. The van der Waals surface area contributed by atoms with E-state index in [-0.39, 0.29) is 5.91 Å². The molecule has 0 atom stereocenters. The molecule has 2 aromatic heterocycles. The molecule has 2 aromatic rings. The standard InChI is InChI=1S/C18H22N4O/c23-18(21-13-15-7-9-19-10-8-15)17-6-5-16(14-20-17)22-11-3-1-2-4-12-22/h5-10,14H,1-4,11-13H2,(H,21,23). The van der Waals surface area contributed by atoms with E-state index < -0.39 is 0 Å². The molecular weight excluding hydrogens is 288 g/mol. The van der Waals surface area contributed by atoms with Gasteiger partial charge in [-0.25, -0.2) is 4.98 Å². The first kappa shape index (κ1) is 15.5. The molecule has 3 rings (SSSR count). The Morgan fingerprint density at radius 1 is 1.04 bits per heavy atom. The van der Waals surface area contributed by atoms with Crippen LogP contribution >= 0.6 is 0 Å². The Labute approximate surface area is 136 Å². The van der Waals surface area contributed by atoms with Crippen LogP contribution in [-0.2, 0) is 6.54 Å². The summed E-state index contributed by atoms with van der Waals surface area (Å²) in [4.78, 5) is 22.8. The van der Waals surface area contributed by atoms with Crippen LogP contribution in [0.4, 0.5) is 5.69 Å². The molecule has 1 aliphatic heterocycles. The van der Waals surface area contributed by atoms with Crippen LogP contribution in [0.3, 0.4) is 0 Å². The normalized spacial score (nSPS) is 15.0. The van der Waals surface area contributed by atoms with Gasteiger partial charge in [-0.15, -0.1) is 0 Å². The molecule has 1 saturated heterocycles. The Kier molecular flexibility index (Phi) is 5.19. The average molecular weight is 310 g/mol. The molecule has 5 heteroatoms. The van der Waals surface area contributed by atoms with Crippen molar-refractivity contribution in [1.29, 1.82) is 0 Å². The molecule has 0 spiro atoms. The summed E-state index contributed by atoms with van der Waals surface area (Å²) in [7, 11) is 0. The number of nitrogens with one attached hydrogen (secondary N) is 1. The highest BCUT2D eigenvalue weighted by atomic mass is 16.1. The SMILES string of the molecule is O=C(NCc1ccncc1)c1ccc(N2CCCCCC2)cn1. The predicted molar refractivity (Wildman–Crippen MR) is 90.3 cm³/mol. The largest absolute Gasteiger partial charge is 0.370 e. The number of carbonyl (C=O) groups excluding carboxylic acids is 1. The Balaban J connectivity index is 1.58. The number of carbonyl (C=O) groups is 1. The molecule has 23 heavy (non-hydrogen) atoms. The molecule has 0 bridgehead atoms. The second-order valence-corrected chi connectivity index (χ2v) is 5.84. The predicted octanol–water partition coefficient (Wildman–Crippen LogP) is 2.79. The minimum atomic E-state index is -0.149. The van der Waals surface area contributed by atoms with E-state index in [1.54, 1.807) is 12.4 Å². The number of rotatable bonds is 4. The van der Waals surface area contributed by atoms with Crippen LogP contribution in [0.1, 0.15) is 41.7 Å². The molecule has 0 aliphatic carbocycles. The second kappa shape index (κ2) is 7.72. The van der Waals surface area contributed by atoms with Gasteiger partial charge in [0.2, 0.25) is 0 Å². The zero-order valence-electron chi connectivity index (χ0n) is 13.2. The Morgan fingerprint density at radius 2 is 1.78 bits per heavy atom. The lowest BCUT2D eigenvalue weighted by Gasteiger charge is -2.22.